The molecule has 0 radical (unpaired) electrons. The predicted molar refractivity (Wildman–Crippen MR) is 166 cm³/mol. The van der Waals surface area contributed by atoms with Crippen LogP contribution in [0.2, 0.25) is 0 Å². The van der Waals surface area contributed by atoms with Crippen molar-refractivity contribution in [2.24, 2.45) is 17.6 Å². The van der Waals surface area contributed by atoms with Crippen LogP contribution < -0.4 is 21.1 Å². The summed E-state index contributed by atoms with van der Waals surface area (Å²) in [5, 5.41) is 9.89. The molecule has 9 heteroatoms. The van der Waals surface area contributed by atoms with E-state index in [1.54, 1.807) is 12.1 Å². The van der Waals surface area contributed by atoms with Crippen LogP contribution in [0.25, 0.3) is 21.7 Å². The number of hydrogen-bond acceptors (Lipinski definition) is 7. The highest BCUT2D eigenvalue weighted by Gasteiger charge is 2.24. The van der Waals surface area contributed by atoms with Crippen molar-refractivity contribution in [2.45, 2.75) is 50.8 Å². The Morgan fingerprint density at radius 1 is 0.800 bits per heavy atom. The van der Waals surface area contributed by atoms with Crippen LogP contribution in [-0.4, -0.2) is 44.6 Å². The molecule has 0 amide bonds. The molecule has 8 nitrogen and oxygen atoms in total. The summed E-state index contributed by atoms with van der Waals surface area (Å²) in [6, 6.07) is 21.1. The van der Waals surface area contributed by atoms with Gasteiger partial charge in [-0.3, -0.25) is 0 Å². The van der Waals surface area contributed by atoms with E-state index < -0.39 is 10.0 Å². The Bertz CT molecular complexity index is 1500. The molecule has 214 valence electrons. The number of nitrogens with two attached hydrogens (primary N) is 1. The van der Waals surface area contributed by atoms with Gasteiger partial charge in [-0.15, -0.1) is 0 Å². The first-order valence-corrected chi connectivity index (χ1v) is 15.4. The van der Waals surface area contributed by atoms with Gasteiger partial charge in [0.2, 0.25) is 16.0 Å². The number of para-hydroxylation sites is 1. The SMILES string of the molecule is C.NCCCCNc1nc(NCC2CCC(CNS(=O)(=O)c3ccc4ccccc4c3)CC2)nc2ccccc12. The number of nitrogens with one attached hydrogen (secondary N) is 3. The second-order valence-corrected chi connectivity index (χ2v) is 12.2. The zero-order valence-electron chi connectivity index (χ0n) is 22.3. The lowest BCUT2D eigenvalue weighted by atomic mass is 9.82. The summed E-state index contributed by atoms with van der Waals surface area (Å²) in [5.41, 5.74) is 6.54. The third-order valence-electron chi connectivity index (χ3n) is 7.64. The van der Waals surface area contributed by atoms with Crippen molar-refractivity contribution in [2.75, 3.05) is 36.8 Å². The van der Waals surface area contributed by atoms with E-state index in [1.807, 2.05) is 54.6 Å². The summed E-state index contributed by atoms with van der Waals surface area (Å²) >= 11 is 0. The number of fused-ring (bicyclic) bond motifs is 2. The number of sulfonamides is 1. The molecule has 4 aromatic rings. The summed E-state index contributed by atoms with van der Waals surface area (Å²) in [4.78, 5) is 9.81. The van der Waals surface area contributed by atoms with Gasteiger partial charge in [-0.2, -0.15) is 4.98 Å². The van der Waals surface area contributed by atoms with E-state index in [-0.39, 0.29) is 7.43 Å². The van der Waals surface area contributed by atoms with E-state index >= 15 is 0 Å². The van der Waals surface area contributed by atoms with Crippen molar-refractivity contribution < 1.29 is 8.42 Å². The van der Waals surface area contributed by atoms with Gasteiger partial charge in [-0.1, -0.05) is 49.9 Å². The van der Waals surface area contributed by atoms with Gasteiger partial charge < -0.3 is 16.4 Å². The molecular formula is C31H42N6O2S. The highest BCUT2D eigenvalue weighted by Crippen LogP contribution is 2.29. The van der Waals surface area contributed by atoms with Crippen LogP contribution >= 0.6 is 0 Å². The van der Waals surface area contributed by atoms with Crippen LogP contribution in [0.3, 0.4) is 0 Å². The van der Waals surface area contributed by atoms with Crippen molar-refractivity contribution in [3.8, 4) is 0 Å². The quantitative estimate of drug-likeness (QED) is 0.162. The summed E-state index contributed by atoms with van der Waals surface area (Å²) in [6.45, 7) is 2.80. The minimum absolute atomic E-state index is 0. The molecular weight excluding hydrogens is 520 g/mol. The maximum atomic E-state index is 12.9. The Hall–Kier alpha value is -3.27. The third-order valence-corrected chi connectivity index (χ3v) is 9.06. The van der Waals surface area contributed by atoms with Crippen molar-refractivity contribution in [3.63, 3.8) is 0 Å². The van der Waals surface area contributed by atoms with Gasteiger partial charge in [-0.05, 0) is 91.9 Å². The third kappa shape index (κ3) is 7.47. The first-order valence-electron chi connectivity index (χ1n) is 13.9. The fourth-order valence-electron chi connectivity index (χ4n) is 5.29. The number of unbranched alkanes of at least 4 members (excludes halogenated alkanes) is 1. The summed E-state index contributed by atoms with van der Waals surface area (Å²) in [6.07, 6.45) is 6.08. The Morgan fingerprint density at radius 2 is 1.50 bits per heavy atom. The monoisotopic (exact) mass is 562 g/mol. The lowest BCUT2D eigenvalue weighted by Crippen LogP contribution is -2.32. The molecule has 0 bridgehead atoms. The van der Waals surface area contributed by atoms with E-state index in [2.05, 4.69) is 15.4 Å². The molecule has 0 aliphatic heterocycles. The fourth-order valence-corrected chi connectivity index (χ4v) is 6.44. The van der Waals surface area contributed by atoms with Crippen LogP contribution in [0.15, 0.2) is 71.6 Å². The smallest absolute Gasteiger partial charge is 0.240 e. The Balaban J connectivity index is 0.00000370. The second-order valence-electron chi connectivity index (χ2n) is 10.5. The molecule has 0 atom stereocenters. The molecule has 5 rings (SSSR count). The average Bonchev–Trinajstić information content (AvgIpc) is 2.97. The van der Waals surface area contributed by atoms with E-state index in [1.165, 1.54) is 0 Å². The zero-order valence-corrected chi connectivity index (χ0v) is 23.1. The van der Waals surface area contributed by atoms with E-state index in [0.29, 0.717) is 35.8 Å². The molecule has 40 heavy (non-hydrogen) atoms. The molecule has 5 N–H and O–H groups in total. The first kappa shape index (κ1) is 29.7. The highest BCUT2D eigenvalue weighted by molar-refractivity contribution is 7.89. The molecule has 1 fully saturated rings. The molecule has 1 heterocycles. The summed E-state index contributed by atoms with van der Waals surface area (Å²) in [5.74, 6) is 2.34. The number of anilines is 2. The van der Waals surface area contributed by atoms with Crippen molar-refractivity contribution in [1.29, 1.82) is 0 Å². The summed E-state index contributed by atoms with van der Waals surface area (Å²) in [7, 11) is -3.53. The predicted octanol–water partition coefficient (Wildman–Crippen LogP) is 5.77. The molecule has 0 saturated heterocycles. The molecule has 1 aromatic heterocycles. The van der Waals surface area contributed by atoms with Crippen molar-refractivity contribution in [1.82, 2.24) is 14.7 Å². The van der Waals surface area contributed by atoms with E-state index in [9.17, 15) is 8.42 Å². The zero-order chi connectivity index (χ0) is 27.1. The van der Waals surface area contributed by atoms with Crippen LogP contribution in [-0.2, 0) is 10.0 Å². The standard InChI is InChI=1S/C30H38N6O2S.CH4/c31-17-5-6-18-32-29-27-9-3-4-10-28(27)35-30(36-29)33-20-22-11-13-23(14-12-22)21-34-39(37,38)26-16-15-24-7-1-2-8-25(24)19-26;/h1-4,7-10,15-16,19,22-23,34H,5-6,11-14,17-18,20-21,31H2,(H2,32,33,35,36);1H4. The van der Waals surface area contributed by atoms with Crippen molar-refractivity contribution >= 4 is 43.5 Å². The van der Waals surface area contributed by atoms with Crippen LogP contribution in [0.4, 0.5) is 11.8 Å². The molecule has 3 aromatic carbocycles. The Labute approximate surface area is 238 Å². The Morgan fingerprint density at radius 3 is 2.27 bits per heavy atom. The van der Waals surface area contributed by atoms with Crippen LogP contribution in [0.1, 0.15) is 46.0 Å². The normalized spacial score (nSPS) is 17.4. The first-order chi connectivity index (χ1) is 19.0. The van der Waals surface area contributed by atoms with E-state index in [4.69, 9.17) is 15.7 Å². The molecule has 1 aliphatic rings. The van der Waals surface area contributed by atoms with Crippen LogP contribution in [0, 0.1) is 11.8 Å². The molecule has 1 saturated carbocycles. The highest BCUT2D eigenvalue weighted by atomic mass is 32.2. The fraction of sp³-hybridized carbons (Fsp3) is 0.419. The van der Waals surface area contributed by atoms with Gasteiger partial charge in [0, 0.05) is 25.0 Å². The largest absolute Gasteiger partial charge is 0.369 e. The van der Waals surface area contributed by atoms with Gasteiger partial charge in [0.15, 0.2) is 0 Å². The Kier molecular flexibility index (Phi) is 10.3. The number of aromatic nitrogens is 2. The van der Waals surface area contributed by atoms with Crippen molar-refractivity contribution in [3.05, 3.63) is 66.7 Å². The number of benzene rings is 3. The summed E-state index contributed by atoms with van der Waals surface area (Å²) < 4.78 is 28.7. The minimum Gasteiger partial charge on any atom is -0.369 e. The second kappa shape index (κ2) is 13.9. The maximum Gasteiger partial charge on any atom is 0.240 e. The van der Waals surface area contributed by atoms with E-state index in [0.717, 1.165) is 79.1 Å². The molecule has 1 aliphatic carbocycles. The van der Waals surface area contributed by atoms with Gasteiger partial charge in [0.1, 0.15) is 5.82 Å². The number of hydrogen-bond donors (Lipinski definition) is 4. The minimum atomic E-state index is -3.53. The van der Waals surface area contributed by atoms with Crippen LogP contribution in [0.5, 0.6) is 0 Å². The lowest BCUT2D eigenvalue weighted by molar-refractivity contribution is 0.284. The maximum absolute atomic E-state index is 12.9. The average molecular weight is 563 g/mol. The molecule has 0 unspecified atom stereocenters. The van der Waals surface area contributed by atoms with Gasteiger partial charge in [0.05, 0.1) is 10.4 Å². The van der Waals surface area contributed by atoms with Gasteiger partial charge in [-0.25, -0.2) is 18.1 Å². The molecule has 0 spiro atoms. The lowest BCUT2D eigenvalue weighted by Gasteiger charge is -2.28. The topological polar surface area (TPSA) is 122 Å². The number of nitrogens with zero attached hydrogens (tertiary/aromatic N) is 2. The number of rotatable bonds is 12. The van der Waals surface area contributed by atoms with Gasteiger partial charge >= 0.3 is 0 Å². The van der Waals surface area contributed by atoms with Gasteiger partial charge in [0.25, 0.3) is 0 Å².